The Morgan fingerprint density at radius 3 is 2.08 bits per heavy atom. The number of hydrogen-bond donors (Lipinski definition) is 1. The highest BCUT2D eigenvalue weighted by atomic mass is 32.2. The molecule has 0 aromatic heterocycles. The van der Waals surface area contributed by atoms with Crippen molar-refractivity contribution in [3.05, 3.63) is 96.3 Å². The third-order valence-electron chi connectivity index (χ3n) is 5.87. The zero-order chi connectivity index (χ0) is 28.4. The summed E-state index contributed by atoms with van der Waals surface area (Å²) in [7, 11) is -3.54. The predicted octanol–water partition coefficient (Wildman–Crippen LogP) is 7.72. The molecular weight excluding hydrogens is 534 g/mol. The molecule has 0 bridgehead atoms. The first-order chi connectivity index (χ1) is 18.4. The molecule has 10 heteroatoms. The van der Waals surface area contributed by atoms with Crippen LogP contribution in [0.1, 0.15) is 19.4 Å². The predicted molar refractivity (Wildman–Crippen MR) is 141 cm³/mol. The van der Waals surface area contributed by atoms with E-state index in [0.29, 0.717) is 5.56 Å². The molecule has 0 saturated heterocycles. The molecule has 0 spiro atoms. The molecule has 0 fully saturated rings. The summed E-state index contributed by atoms with van der Waals surface area (Å²) in [5.74, 6) is -2.48. The lowest BCUT2D eigenvalue weighted by Gasteiger charge is -2.24. The molecule has 1 amide bonds. The van der Waals surface area contributed by atoms with Gasteiger partial charge in [-0.1, -0.05) is 55.5 Å². The highest BCUT2D eigenvalue weighted by molar-refractivity contribution is 7.91. The maximum Gasteiger partial charge on any atom is 0.420 e. The van der Waals surface area contributed by atoms with Gasteiger partial charge in [-0.2, -0.15) is 13.2 Å². The van der Waals surface area contributed by atoms with Crippen molar-refractivity contribution in [2.24, 2.45) is 0 Å². The van der Waals surface area contributed by atoms with Crippen LogP contribution in [0.2, 0.25) is 0 Å². The van der Waals surface area contributed by atoms with Gasteiger partial charge in [0.15, 0.2) is 15.6 Å². The number of alkyl halides is 3. The molecule has 202 valence electrons. The first kappa shape index (κ1) is 27.8. The third-order valence-corrected chi connectivity index (χ3v) is 7.62. The number of nitrogens with one attached hydrogen (secondary N) is 1. The van der Waals surface area contributed by atoms with Crippen molar-refractivity contribution < 1.29 is 35.5 Å². The summed E-state index contributed by atoms with van der Waals surface area (Å²) >= 11 is 0. The summed E-state index contributed by atoms with van der Waals surface area (Å²) in [5.41, 5.74) is -1.04. The Balaban J connectivity index is 2.10. The second kappa shape index (κ2) is 10.9. The van der Waals surface area contributed by atoms with E-state index in [1.165, 1.54) is 61.5 Å². The third kappa shape index (κ3) is 6.12. The van der Waals surface area contributed by atoms with E-state index >= 15 is 0 Å². The van der Waals surface area contributed by atoms with Gasteiger partial charge in [0.05, 0.1) is 16.3 Å². The lowest BCUT2D eigenvalue weighted by atomic mass is 9.91. The van der Waals surface area contributed by atoms with E-state index in [0.717, 1.165) is 19.1 Å². The fourth-order valence-electron chi connectivity index (χ4n) is 4.07. The van der Waals surface area contributed by atoms with Gasteiger partial charge in [0.25, 0.3) is 0 Å². The molecule has 0 radical (unpaired) electrons. The molecule has 0 heterocycles. The van der Waals surface area contributed by atoms with Crippen molar-refractivity contribution in [1.29, 1.82) is 0 Å². The number of sulfone groups is 1. The van der Waals surface area contributed by atoms with Gasteiger partial charge < -0.3 is 10.1 Å². The molecule has 0 saturated carbocycles. The number of ether oxygens (including phenoxy) is 1. The van der Waals surface area contributed by atoms with Gasteiger partial charge in [-0.15, -0.1) is 0 Å². The Hall–Kier alpha value is -4.18. The van der Waals surface area contributed by atoms with E-state index in [9.17, 15) is 30.8 Å². The van der Waals surface area contributed by atoms with E-state index in [2.05, 4.69) is 5.32 Å². The van der Waals surface area contributed by atoms with Crippen molar-refractivity contribution in [3.8, 4) is 33.8 Å². The fourth-order valence-corrected chi connectivity index (χ4v) is 4.96. The molecule has 39 heavy (non-hydrogen) atoms. The number of amides is 1. The molecule has 4 aromatic rings. The molecule has 4 rings (SSSR count). The van der Waals surface area contributed by atoms with Gasteiger partial charge in [-0.25, -0.2) is 12.8 Å². The Labute approximate surface area is 223 Å². The van der Waals surface area contributed by atoms with Gasteiger partial charge >= 0.3 is 6.18 Å². The van der Waals surface area contributed by atoms with Crippen LogP contribution in [-0.4, -0.2) is 20.1 Å². The zero-order valence-electron chi connectivity index (χ0n) is 20.8. The summed E-state index contributed by atoms with van der Waals surface area (Å²) in [6.07, 6.45) is -4.95. The van der Waals surface area contributed by atoms with Crippen LogP contribution in [0.15, 0.2) is 89.8 Å². The standard InChI is InChI=1S/C29H23F4NO4S/c1-3-39(36,37)23-14-12-20(13-15-23)25-17-24(19-8-5-4-6-9-19)26(29(31,32)33)28(27(25)34-18(2)35)38-22-11-7-10-21(30)16-22/h4-17H,3H2,1-2H3,(H,34,35). The number of anilines is 1. The van der Waals surface area contributed by atoms with Crippen LogP contribution in [0.25, 0.3) is 22.3 Å². The highest BCUT2D eigenvalue weighted by Crippen LogP contribution is 2.51. The maximum absolute atomic E-state index is 14.7. The smallest absolute Gasteiger partial charge is 0.420 e. The summed E-state index contributed by atoms with van der Waals surface area (Å²) < 4.78 is 88.4. The quantitative estimate of drug-likeness (QED) is 0.236. The summed E-state index contributed by atoms with van der Waals surface area (Å²) in [6.45, 7) is 2.63. The number of benzene rings is 4. The maximum atomic E-state index is 14.7. The van der Waals surface area contributed by atoms with Crippen molar-refractivity contribution in [2.45, 2.75) is 24.9 Å². The first-order valence-electron chi connectivity index (χ1n) is 11.8. The minimum atomic E-state index is -4.95. The Morgan fingerprint density at radius 1 is 0.872 bits per heavy atom. The second-order valence-electron chi connectivity index (χ2n) is 8.58. The Morgan fingerprint density at radius 2 is 1.51 bits per heavy atom. The SMILES string of the molecule is CCS(=O)(=O)c1ccc(-c2cc(-c3ccccc3)c(C(F)(F)F)c(Oc3cccc(F)c3)c2NC(C)=O)cc1. The number of halogens is 4. The molecule has 0 aliphatic heterocycles. The number of hydrogen-bond acceptors (Lipinski definition) is 4. The first-order valence-corrected chi connectivity index (χ1v) is 13.4. The number of carbonyl (C=O) groups is 1. The molecule has 4 aromatic carbocycles. The van der Waals surface area contributed by atoms with Crippen LogP contribution in [0.4, 0.5) is 23.2 Å². The van der Waals surface area contributed by atoms with Crippen LogP contribution in [0, 0.1) is 5.82 Å². The van der Waals surface area contributed by atoms with Crippen LogP contribution in [-0.2, 0) is 20.8 Å². The summed E-state index contributed by atoms with van der Waals surface area (Å²) in [6, 6.07) is 19.3. The largest absolute Gasteiger partial charge is 0.454 e. The van der Waals surface area contributed by atoms with Crippen LogP contribution < -0.4 is 10.1 Å². The molecular formula is C29H23F4NO4S. The monoisotopic (exact) mass is 557 g/mol. The minimum Gasteiger partial charge on any atom is -0.454 e. The molecule has 0 aliphatic rings. The van der Waals surface area contributed by atoms with Gasteiger partial charge in [0.1, 0.15) is 17.1 Å². The van der Waals surface area contributed by atoms with Crippen LogP contribution in [0.5, 0.6) is 11.5 Å². The lowest BCUT2D eigenvalue weighted by molar-refractivity contribution is -0.138. The highest BCUT2D eigenvalue weighted by Gasteiger charge is 2.40. The van der Waals surface area contributed by atoms with E-state index in [-0.39, 0.29) is 38.8 Å². The molecule has 1 N–H and O–H groups in total. The van der Waals surface area contributed by atoms with E-state index in [4.69, 9.17) is 4.74 Å². The van der Waals surface area contributed by atoms with Crippen molar-refractivity contribution in [3.63, 3.8) is 0 Å². The number of carbonyl (C=O) groups excluding carboxylic acids is 1. The summed E-state index contributed by atoms with van der Waals surface area (Å²) in [5, 5.41) is 2.45. The van der Waals surface area contributed by atoms with Gasteiger partial charge in [-0.05, 0) is 47.0 Å². The average molecular weight is 558 g/mol. The van der Waals surface area contributed by atoms with Crippen molar-refractivity contribution >= 4 is 21.4 Å². The second-order valence-corrected chi connectivity index (χ2v) is 10.9. The normalized spacial score (nSPS) is 11.7. The Bertz CT molecular complexity index is 1620. The fraction of sp³-hybridized carbons (Fsp3) is 0.138. The summed E-state index contributed by atoms with van der Waals surface area (Å²) in [4.78, 5) is 12.3. The van der Waals surface area contributed by atoms with Crippen molar-refractivity contribution in [2.75, 3.05) is 11.1 Å². The zero-order valence-corrected chi connectivity index (χ0v) is 21.7. The van der Waals surface area contributed by atoms with E-state index in [1.807, 2.05) is 0 Å². The molecule has 0 aliphatic carbocycles. The molecule has 0 unspecified atom stereocenters. The van der Waals surface area contributed by atoms with E-state index < -0.39 is 39.1 Å². The minimum absolute atomic E-state index is 0.0428. The Kier molecular flexibility index (Phi) is 7.78. The molecule has 5 nitrogen and oxygen atoms in total. The van der Waals surface area contributed by atoms with Crippen LogP contribution >= 0.6 is 0 Å². The van der Waals surface area contributed by atoms with Gasteiger partial charge in [-0.3, -0.25) is 4.79 Å². The topological polar surface area (TPSA) is 72.5 Å². The van der Waals surface area contributed by atoms with Gasteiger partial charge in [0, 0.05) is 18.6 Å². The van der Waals surface area contributed by atoms with Gasteiger partial charge in [0.2, 0.25) is 5.91 Å². The van der Waals surface area contributed by atoms with Crippen LogP contribution in [0.3, 0.4) is 0 Å². The lowest BCUT2D eigenvalue weighted by Crippen LogP contribution is -2.15. The number of rotatable bonds is 7. The molecule has 0 atom stereocenters. The van der Waals surface area contributed by atoms with E-state index in [1.54, 1.807) is 18.2 Å². The van der Waals surface area contributed by atoms with Crippen molar-refractivity contribution in [1.82, 2.24) is 0 Å². The average Bonchev–Trinajstić information content (AvgIpc) is 2.89.